The van der Waals surface area contributed by atoms with Crippen molar-refractivity contribution >= 4 is 17.1 Å². The summed E-state index contributed by atoms with van der Waals surface area (Å²) < 4.78 is 22.9. The first-order valence-electron chi connectivity index (χ1n) is 2.90. The zero-order valence-corrected chi connectivity index (χ0v) is 6.61. The van der Waals surface area contributed by atoms with Gasteiger partial charge in [-0.25, -0.2) is 9.10 Å². The van der Waals surface area contributed by atoms with Gasteiger partial charge in [0.15, 0.2) is 11.1 Å². The lowest BCUT2D eigenvalue weighted by Gasteiger charge is -2.28. The Morgan fingerprint density at radius 1 is 1.73 bits per heavy atom. The van der Waals surface area contributed by atoms with Crippen LogP contribution in [0.1, 0.15) is 6.92 Å². The number of hydrogen-bond donors (Lipinski definition) is 3. The molecule has 11 heavy (non-hydrogen) atoms. The molecular formula is C4H9NO5S. The molecule has 1 fully saturated rings. The van der Waals surface area contributed by atoms with Crippen LogP contribution in [0.4, 0.5) is 4.79 Å². The van der Waals surface area contributed by atoms with Crippen molar-refractivity contribution in [1.82, 2.24) is 4.31 Å². The fraction of sp³-hybridized carbons (Fsp3) is 0.750. The Hall–Kier alpha value is -0.500. The molecule has 1 aliphatic heterocycles. The van der Waals surface area contributed by atoms with Crippen molar-refractivity contribution in [1.29, 1.82) is 0 Å². The molecule has 0 saturated carbocycles. The molecule has 0 aromatic heterocycles. The Labute approximate surface area is 65.1 Å². The number of rotatable bonds is 0. The molecular weight excluding hydrogens is 174 g/mol. The van der Waals surface area contributed by atoms with E-state index in [0.29, 0.717) is 4.31 Å². The van der Waals surface area contributed by atoms with Crippen LogP contribution in [0, 0.1) is 0 Å². The Balaban J connectivity index is 2.80. The molecule has 7 heteroatoms. The molecule has 1 amide bonds. The molecule has 1 heterocycles. The van der Waals surface area contributed by atoms with Gasteiger partial charge in [-0.3, -0.25) is 13.3 Å². The van der Waals surface area contributed by atoms with Gasteiger partial charge in [0.25, 0.3) is 0 Å². The second kappa shape index (κ2) is 2.52. The fourth-order valence-corrected chi connectivity index (χ4v) is 2.07. The van der Waals surface area contributed by atoms with E-state index in [9.17, 15) is 4.79 Å². The molecule has 0 spiro atoms. The van der Waals surface area contributed by atoms with Crippen molar-refractivity contribution in [2.75, 3.05) is 6.61 Å². The lowest BCUT2D eigenvalue weighted by atomic mass is 10.4. The monoisotopic (exact) mass is 183 g/mol. The van der Waals surface area contributed by atoms with E-state index < -0.39 is 23.2 Å². The van der Waals surface area contributed by atoms with E-state index in [1.54, 1.807) is 0 Å². The van der Waals surface area contributed by atoms with Crippen LogP contribution >= 0.6 is 11.1 Å². The Bertz CT molecular complexity index is 183. The second-order valence-electron chi connectivity index (χ2n) is 2.21. The van der Waals surface area contributed by atoms with Crippen LogP contribution in [0.3, 0.4) is 0 Å². The van der Waals surface area contributed by atoms with Gasteiger partial charge in [0, 0.05) is 0 Å². The molecule has 1 aliphatic rings. The van der Waals surface area contributed by atoms with Gasteiger partial charge in [-0.05, 0) is 6.92 Å². The maximum Gasteiger partial charge on any atom is 0.421 e. The average Bonchev–Trinajstić information content (AvgIpc) is 2.06. The van der Waals surface area contributed by atoms with E-state index in [1.165, 1.54) is 6.92 Å². The van der Waals surface area contributed by atoms with E-state index in [0.717, 1.165) is 0 Å². The highest BCUT2D eigenvalue weighted by atomic mass is 32.3. The van der Waals surface area contributed by atoms with Crippen molar-refractivity contribution < 1.29 is 23.2 Å². The number of carbonyl (C=O) groups is 1. The third-order valence-corrected chi connectivity index (χ3v) is 2.79. The predicted octanol–water partition coefficient (Wildman–Crippen LogP) is 0.966. The Morgan fingerprint density at radius 2 is 2.27 bits per heavy atom. The zero-order chi connectivity index (χ0) is 8.65. The summed E-state index contributed by atoms with van der Waals surface area (Å²) in [5.74, 6) is 0. The van der Waals surface area contributed by atoms with Gasteiger partial charge in [0.2, 0.25) is 0 Å². The minimum Gasteiger partial charge on any atom is -0.464 e. The normalized spacial score (nSPS) is 31.9. The van der Waals surface area contributed by atoms with Crippen molar-refractivity contribution in [2.45, 2.75) is 13.0 Å². The number of amides is 1. The number of carboxylic acid groups (broad SMARTS) is 1. The molecule has 0 bridgehead atoms. The molecule has 3 N–H and O–H groups in total. The van der Waals surface area contributed by atoms with Gasteiger partial charge < -0.3 is 5.11 Å². The van der Waals surface area contributed by atoms with Crippen LogP contribution in [0.25, 0.3) is 0 Å². The van der Waals surface area contributed by atoms with Crippen molar-refractivity contribution in [3.8, 4) is 0 Å². The first-order chi connectivity index (χ1) is 4.95. The minimum absolute atomic E-state index is 0.0225. The maximum absolute atomic E-state index is 10.4. The summed E-state index contributed by atoms with van der Waals surface area (Å²) in [6, 6.07) is -0.502. The number of hydrogen-bond acceptors (Lipinski definition) is 4. The lowest BCUT2D eigenvalue weighted by Crippen LogP contribution is -2.34. The van der Waals surface area contributed by atoms with Crippen LogP contribution in [0.5, 0.6) is 0 Å². The molecule has 0 aliphatic carbocycles. The van der Waals surface area contributed by atoms with E-state index >= 15 is 0 Å². The van der Waals surface area contributed by atoms with E-state index in [1.807, 2.05) is 0 Å². The summed E-state index contributed by atoms with van der Waals surface area (Å²) in [5, 5.41) is 8.47. The quantitative estimate of drug-likeness (QED) is 0.520. The molecule has 0 radical (unpaired) electrons. The van der Waals surface area contributed by atoms with Crippen molar-refractivity contribution in [2.24, 2.45) is 0 Å². The van der Waals surface area contributed by atoms with E-state index in [-0.39, 0.29) is 6.61 Å². The summed E-state index contributed by atoms with van der Waals surface area (Å²) in [5.41, 5.74) is 0. The third kappa shape index (κ3) is 1.41. The van der Waals surface area contributed by atoms with Crippen LogP contribution < -0.4 is 0 Å². The fourth-order valence-electron chi connectivity index (χ4n) is 0.839. The van der Waals surface area contributed by atoms with Gasteiger partial charge in [0.05, 0.1) is 12.6 Å². The SMILES string of the molecule is C[C@H]1COS(O)(O)N1C(=O)O. The topological polar surface area (TPSA) is 90.2 Å². The second-order valence-corrected chi connectivity index (χ2v) is 3.78. The summed E-state index contributed by atoms with van der Waals surface area (Å²) in [4.78, 5) is 10.4. The van der Waals surface area contributed by atoms with Crippen LogP contribution in [0.15, 0.2) is 0 Å². The highest BCUT2D eigenvalue weighted by Gasteiger charge is 2.43. The summed E-state index contributed by atoms with van der Waals surface area (Å²) in [6.07, 6.45) is -1.38. The van der Waals surface area contributed by atoms with Crippen molar-refractivity contribution in [3.63, 3.8) is 0 Å². The van der Waals surface area contributed by atoms with Gasteiger partial charge >= 0.3 is 6.09 Å². The first kappa shape index (κ1) is 8.60. The smallest absolute Gasteiger partial charge is 0.421 e. The third-order valence-electron chi connectivity index (χ3n) is 1.31. The molecule has 1 rings (SSSR count). The standard InChI is InChI=1S/C4H9NO5S/c1-3-2-10-11(8,9)5(3)4(6)7/h3,8-9H,2H2,1H3,(H,6,7)/t3-/m0/s1. The summed E-state index contributed by atoms with van der Waals surface area (Å²) in [7, 11) is 0. The molecule has 1 saturated heterocycles. The van der Waals surface area contributed by atoms with Gasteiger partial charge in [-0.1, -0.05) is 0 Å². The van der Waals surface area contributed by atoms with Gasteiger partial charge in [-0.2, -0.15) is 0 Å². The van der Waals surface area contributed by atoms with Crippen LogP contribution in [0.2, 0.25) is 0 Å². The van der Waals surface area contributed by atoms with Crippen LogP contribution in [-0.4, -0.2) is 37.3 Å². The molecule has 6 nitrogen and oxygen atoms in total. The van der Waals surface area contributed by atoms with E-state index in [4.69, 9.17) is 14.2 Å². The Morgan fingerprint density at radius 3 is 2.45 bits per heavy atom. The summed E-state index contributed by atoms with van der Waals surface area (Å²) >= 11 is -3.50. The predicted molar refractivity (Wildman–Crippen MR) is 38.1 cm³/mol. The summed E-state index contributed by atoms with van der Waals surface area (Å²) in [6.45, 7) is 1.56. The first-order valence-corrected chi connectivity index (χ1v) is 4.33. The highest BCUT2D eigenvalue weighted by Crippen LogP contribution is 2.50. The Kier molecular flexibility index (Phi) is 1.97. The minimum atomic E-state index is -3.50. The zero-order valence-electron chi connectivity index (χ0n) is 5.80. The molecule has 66 valence electrons. The maximum atomic E-state index is 10.4. The van der Waals surface area contributed by atoms with Gasteiger partial charge in [-0.15, -0.1) is 0 Å². The molecule has 0 aromatic carbocycles. The van der Waals surface area contributed by atoms with Crippen molar-refractivity contribution in [3.05, 3.63) is 0 Å². The van der Waals surface area contributed by atoms with E-state index in [2.05, 4.69) is 4.18 Å². The average molecular weight is 183 g/mol. The van der Waals surface area contributed by atoms with Gasteiger partial charge in [0.1, 0.15) is 0 Å². The number of nitrogens with zero attached hydrogens (tertiary/aromatic N) is 1. The molecule has 0 unspecified atom stereocenters. The molecule has 1 atom stereocenters. The molecule has 0 aromatic rings. The largest absolute Gasteiger partial charge is 0.464 e. The van der Waals surface area contributed by atoms with Crippen LogP contribution in [-0.2, 0) is 4.18 Å². The lowest BCUT2D eigenvalue weighted by molar-refractivity contribution is 0.163. The highest BCUT2D eigenvalue weighted by molar-refractivity contribution is 8.18.